The summed E-state index contributed by atoms with van der Waals surface area (Å²) >= 11 is 1.87. The third kappa shape index (κ3) is 2.09. The predicted molar refractivity (Wildman–Crippen MR) is 84.4 cm³/mol. The minimum atomic E-state index is 0.502. The highest BCUT2D eigenvalue weighted by molar-refractivity contribution is 7.17. The molecule has 0 saturated carbocycles. The maximum absolute atomic E-state index is 6.04. The quantitative estimate of drug-likeness (QED) is 0.927. The number of rotatable bonds is 4. The standard InChI is InChI=1S/C17H21NOS/c1-18-15(14-9-12-6-7-16(14)19-12)8-11-10-20-17-5-3-2-4-13(11)17/h2-5,10,12,14-16,18H,6-9H2,1H3. The Morgan fingerprint density at radius 3 is 3.00 bits per heavy atom. The van der Waals surface area contributed by atoms with Crippen LogP contribution in [0.5, 0.6) is 0 Å². The van der Waals surface area contributed by atoms with E-state index in [0.29, 0.717) is 24.2 Å². The lowest BCUT2D eigenvalue weighted by atomic mass is 9.81. The second kappa shape index (κ2) is 5.14. The first-order valence-corrected chi connectivity index (χ1v) is 8.51. The van der Waals surface area contributed by atoms with Gasteiger partial charge in [0.05, 0.1) is 12.2 Å². The number of benzene rings is 1. The molecule has 2 bridgehead atoms. The summed E-state index contributed by atoms with van der Waals surface area (Å²) in [5.74, 6) is 0.692. The summed E-state index contributed by atoms with van der Waals surface area (Å²) < 4.78 is 7.44. The van der Waals surface area contributed by atoms with E-state index in [4.69, 9.17) is 4.74 Å². The van der Waals surface area contributed by atoms with Gasteiger partial charge in [-0.3, -0.25) is 0 Å². The van der Waals surface area contributed by atoms with E-state index in [9.17, 15) is 0 Å². The van der Waals surface area contributed by atoms with Crippen LogP contribution in [0.2, 0.25) is 0 Å². The Morgan fingerprint density at radius 2 is 2.25 bits per heavy atom. The van der Waals surface area contributed by atoms with Crippen LogP contribution in [0.15, 0.2) is 29.6 Å². The fraction of sp³-hybridized carbons (Fsp3) is 0.529. The van der Waals surface area contributed by atoms with Crippen LogP contribution in [0, 0.1) is 5.92 Å². The van der Waals surface area contributed by atoms with E-state index in [0.717, 1.165) is 6.42 Å². The van der Waals surface area contributed by atoms with E-state index in [1.54, 1.807) is 0 Å². The van der Waals surface area contributed by atoms with Crippen molar-refractivity contribution in [1.82, 2.24) is 5.32 Å². The van der Waals surface area contributed by atoms with Gasteiger partial charge in [-0.1, -0.05) is 18.2 Å². The average Bonchev–Trinajstić information content (AvgIpc) is 3.20. The molecule has 1 aromatic carbocycles. The molecule has 4 unspecified atom stereocenters. The van der Waals surface area contributed by atoms with Crippen molar-refractivity contribution >= 4 is 21.4 Å². The maximum Gasteiger partial charge on any atom is 0.0623 e. The van der Waals surface area contributed by atoms with Crippen molar-refractivity contribution in [2.75, 3.05) is 7.05 Å². The van der Waals surface area contributed by atoms with Gasteiger partial charge in [0.25, 0.3) is 0 Å². The van der Waals surface area contributed by atoms with Gasteiger partial charge < -0.3 is 10.1 Å². The van der Waals surface area contributed by atoms with E-state index in [2.05, 4.69) is 42.0 Å². The van der Waals surface area contributed by atoms with Crippen LogP contribution in [-0.2, 0) is 11.2 Å². The molecule has 4 rings (SSSR count). The Hall–Kier alpha value is -0.900. The summed E-state index contributed by atoms with van der Waals surface area (Å²) in [4.78, 5) is 0. The molecule has 2 saturated heterocycles. The first-order valence-electron chi connectivity index (χ1n) is 7.63. The van der Waals surface area contributed by atoms with E-state index in [1.807, 2.05) is 11.3 Å². The maximum atomic E-state index is 6.04. The van der Waals surface area contributed by atoms with Gasteiger partial charge in [-0.15, -0.1) is 11.3 Å². The van der Waals surface area contributed by atoms with Gasteiger partial charge >= 0.3 is 0 Å². The van der Waals surface area contributed by atoms with Gasteiger partial charge in [0.2, 0.25) is 0 Å². The van der Waals surface area contributed by atoms with Crippen LogP contribution in [0.4, 0.5) is 0 Å². The molecule has 1 N–H and O–H groups in total. The molecule has 2 nitrogen and oxygen atoms in total. The van der Waals surface area contributed by atoms with Crippen molar-refractivity contribution in [3.8, 4) is 0 Å². The van der Waals surface area contributed by atoms with Gasteiger partial charge in [0, 0.05) is 16.7 Å². The molecule has 2 aliphatic rings. The number of ether oxygens (including phenoxy) is 1. The number of nitrogens with one attached hydrogen (secondary N) is 1. The van der Waals surface area contributed by atoms with Crippen molar-refractivity contribution in [2.45, 2.75) is 43.9 Å². The molecule has 3 heterocycles. The lowest BCUT2D eigenvalue weighted by Gasteiger charge is -2.28. The monoisotopic (exact) mass is 287 g/mol. The molecule has 2 aliphatic heterocycles. The minimum absolute atomic E-state index is 0.502. The van der Waals surface area contributed by atoms with Gasteiger partial charge in [-0.05, 0) is 55.1 Å². The van der Waals surface area contributed by atoms with Crippen LogP contribution >= 0.6 is 11.3 Å². The Balaban J connectivity index is 1.57. The first kappa shape index (κ1) is 12.8. The molecule has 1 aromatic heterocycles. The fourth-order valence-corrected chi connectivity index (χ4v) is 4.97. The Labute approximate surface area is 124 Å². The molecule has 3 heteroatoms. The van der Waals surface area contributed by atoms with Crippen LogP contribution in [-0.4, -0.2) is 25.3 Å². The second-order valence-electron chi connectivity index (χ2n) is 6.13. The predicted octanol–water partition coefficient (Wildman–Crippen LogP) is 3.60. The molecule has 0 radical (unpaired) electrons. The van der Waals surface area contributed by atoms with Gasteiger partial charge in [0.15, 0.2) is 0 Å². The molecular formula is C17H21NOS. The molecule has 0 aliphatic carbocycles. The summed E-state index contributed by atoms with van der Waals surface area (Å²) in [5, 5.41) is 7.33. The number of thiophene rings is 1. The van der Waals surface area contributed by atoms with Gasteiger partial charge in [0.1, 0.15) is 0 Å². The SMILES string of the molecule is CNC(Cc1csc2ccccc12)C1CC2CCC1O2. The molecule has 106 valence electrons. The van der Waals surface area contributed by atoms with Gasteiger partial charge in [-0.25, -0.2) is 0 Å². The van der Waals surface area contributed by atoms with Crippen LogP contribution < -0.4 is 5.32 Å². The lowest BCUT2D eigenvalue weighted by Crippen LogP contribution is -2.40. The first-order chi connectivity index (χ1) is 9.85. The van der Waals surface area contributed by atoms with Crippen LogP contribution in [0.25, 0.3) is 10.1 Å². The summed E-state index contributed by atoms with van der Waals surface area (Å²) in [7, 11) is 2.10. The smallest absolute Gasteiger partial charge is 0.0623 e. The molecule has 4 atom stereocenters. The zero-order valence-electron chi connectivity index (χ0n) is 11.8. The fourth-order valence-electron chi connectivity index (χ4n) is 4.00. The van der Waals surface area contributed by atoms with Crippen molar-refractivity contribution in [1.29, 1.82) is 0 Å². The number of fused-ring (bicyclic) bond motifs is 3. The largest absolute Gasteiger partial charge is 0.375 e. The Bertz CT molecular complexity index is 608. The lowest BCUT2D eigenvalue weighted by molar-refractivity contribution is 0.0863. The summed E-state index contributed by atoms with van der Waals surface area (Å²) in [6.45, 7) is 0. The minimum Gasteiger partial charge on any atom is -0.375 e. The summed E-state index contributed by atoms with van der Waals surface area (Å²) in [6, 6.07) is 9.29. The van der Waals surface area contributed by atoms with Gasteiger partial charge in [-0.2, -0.15) is 0 Å². The highest BCUT2D eigenvalue weighted by atomic mass is 32.1. The van der Waals surface area contributed by atoms with Crippen molar-refractivity contribution in [2.24, 2.45) is 5.92 Å². The highest BCUT2D eigenvalue weighted by Gasteiger charge is 2.43. The number of hydrogen-bond donors (Lipinski definition) is 1. The third-order valence-electron chi connectivity index (χ3n) is 5.04. The number of likely N-dealkylation sites (N-methyl/N-ethyl adjacent to an activating group) is 1. The third-order valence-corrected chi connectivity index (χ3v) is 6.05. The normalized spacial score (nSPS) is 30.1. The van der Waals surface area contributed by atoms with Crippen molar-refractivity contribution in [3.63, 3.8) is 0 Å². The van der Waals surface area contributed by atoms with E-state index >= 15 is 0 Å². The molecule has 2 aromatic rings. The second-order valence-corrected chi connectivity index (χ2v) is 7.04. The summed E-state index contributed by atoms with van der Waals surface area (Å²) in [6.07, 6.45) is 5.95. The van der Waals surface area contributed by atoms with E-state index < -0.39 is 0 Å². The molecular weight excluding hydrogens is 266 g/mol. The van der Waals surface area contributed by atoms with Crippen LogP contribution in [0.3, 0.4) is 0 Å². The number of hydrogen-bond acceptors (Lipinski definition) is 3. The van der Waals surface area contributed by atoms with Crippen LogP contribution in [0.1, 0.15) is 24.8 Å². The topological polar surface area (TPSA) is 21.3 Å². The Kier molecular flexibility index (Phi) is 3.29. The molecule has 0 spiro atoms. The van der Waals surface area contributed by atoms with Crippen molar-refractivity contribution < 1.29 is 4.74 Å². The van der Waals surface area contributed by atoms with E-state index in [-0.39, 0.29) is 0 Å². The zero-order chi connectivity index (χ0) is 13.5. The average molecular weight is 287 g/mol. The summed E-state index contributed by atoms with van der Waals surface area (Å²) in [5.41, 5.74) is 1.49. The van der Waals surface area contributed by atoms with Crippen molar-refractivity contribution in [3.05, 3.63) is 35.2 Å². The van der Waals surface area contributed by atoms with E-state index in [1.165, 1.54) is 34.9 Å². The molecule has 2 fully saturated rings. The molecule has 0 amide bonds. The zero-order valence-corrected chi connectivity index (χ0v) is 12.7. The molecule has 20 heavy (non-hydrogen) atoms. The Morgan fingerprint density at radius 1 is 1.35 bits per heavy atom. The highest BCUT2D eigenvalue weighted by Crippen LogP contribution is 2.41.